The summed E-state index contributed by atoms with van der Waals surface area (Å²) >= 11 is 0. The molecule has 0 unspecified atom stereocenters. The van der Waals surface area contributed by atoms with E-state index in [1.54, 1.807) is 17.0 Å². The van der Waals surface area contributed by atoms with Crippen molar-refractivity contribution >= 4 is 11.8 Å². The standard InChI is InChI=1S/C20H31N3O3/c24-19(21-10-6-13-22-11-3-1-2-4-12-22)17-8-14-23(15-9-17)20(25)18-7-5-16-26-18/h5,7,16-17H,1-4,6,8-15H2,(H,21,24). The highest BCUT2D eigenvalue weighted by atomic mass is 16.3. The molecule has 0 radical (unpaired) electrons. The number of hydrogen-bond donors (Lipinski definition) is 1. The maximum absolute atomic E-state index is 12.4. The van der Waals surface area contributed by atoms with Gasteiger partial charge in [0.05, 0.1) is 6.26 Å². The van der Waals surface area contributed by atoms with Crippen molar-refractivity contribution in [1.29, 1.82) is 0 Å². The van der Waals surface area contributed by atoms with Gasteiger partial charge in [0.25, 0.3) is 5.91 Å². The number of hydrogen-bond acceptors (Lipinski definition) is 4. The quantitative estimate of drug-likeness (QED) is 0.791. The number of rotatable bonds is 6. The molecule has 2 fully saturated rings. The molecule has 2 aliphatic rings. The minimum atomic E-state index is -0.0775. The first-order valence-electron chi connectivity index (χ1n) is 10.1. The van der Waals surface area contributed by atoms with Crippen molar-refractivity contribution in [3.05, 3.63) is 24.2 Å². The number of furan rings is 1. The van der Waals surface area contributed by atoms with Crippen LogP contribution in [0, 0.1) is 5.92 Å². The van der Waals surface area contributed by atoms with E-state index in [2.05, 4.69) is 10.2 Å². The van der Waals surface area contributed by atoms with Crippen molar-refractivity contribution in [2.45, 2.75) is 44.9 Å². The fraction of sp³-hybridized carbons (Fsp3) is 0.700. The van der Waals surface area contributed by atoms with E-state index < -0.39 is 0 Å². The Bertz CT molecular complexity index is 557. The molecule has 0 atom stereocenters. The normalized spacial score (nSPS) is 19.9. The van der Waals surface area contributed by atoms with Gasteiger partial charge in [0.15, 0.2) is 5.76 Å². The Morgan fingerprint density at radius 3 is 2.46 bits per heavy atom. The van der Waals surface area contributed by atoms with Crippen LogP contribution in [0.4, 0.5) is 0 Å². The van der Waals surface area contributed by atoms with Gasteiger partial charge in [0.2, 0.25) is 5.91 Å². The molecule has 0 saturated carbocycles. The lowest BCUT2D eigenvalue weighted by atomic mass is 9.95. The Balaban J connectivity index is 1.31. The molecule has 3 heterocycles. The fourth-order valence-electron chi connectivity index (χ4n) is 3.92. The second-order valence-corrected chi connectivity index (χ2v) is 7.44. The highest BCUT2D eigenvalue weighted by Crippen LogP contribution is 2.19. The van der Waals surface area contributed by atoms with Crippen LogP contribution in [0.3, 0.4) is 0 Å². The minimum absolute atomic E-state index is 0.0221. The molecule has 0 bridgehead atoms. The van der Waals surface area contributed by atoms with E-state index in [1.807, 2.05) is 0 Å². The highest BCUT2D eigenvalue weighted by Gasteiger charge is 2.28. The number of carbonyl (C=O) groups is 2. The first kappa shape index (κ1) is 19.0. The zero-order chi connectivity index (χ0) is 18.2. The largest absolute Gasteiger partial charge is 0.459 e. The molecule has 0 spiro atoms. The number of likely N-dealkylation sites (tertiary alicyclic amines) is 2. The third kappa shape index (κ3) is 5.34. The van der Waals surface area contributed by atoms with Crippen molar-refractivity contribution < 1.29 is 14.0 Å². The van der Waals surface area contributed by atoms with Gasteiger partial charge in [-0.3, -0.25) is 9.59 Å². The summed E-state index contributed by atoms with van der Waals surface area (Å²) in [7, 11) is 0. The van der Waals surface area contributed by atoms with Crippen molar-refractivity contribution in [2.24, 2.45) is 5.92 Å². The molecule has 2 saturated heterocycles. The topological polar surface area (TPSA) is 65.8 Å². The van der Waals surface area contributed by atoms with Crippen LogP contribution < -0.4 is 5.32 Å². The summed E-state index contributed by atoms with van der Waals surface area (Å²) in [5, 5.41) is 3.09. The summed E-state index contributed by atoms with van der Waals surface area (Å²) in [4.78, 5) is 28.9. The van der Waals surface area contributed by atoms with E-state index >= 15 is 0 Å². The van der Waals surface area contributed by atoms with Crippen LogP contribution in [-0.4, -0.2) is 60.9 Å². The van der Waals surface area contributed by atoms with Crippen LogP contribution in [0.25, 0.3) is 0 Å². The molecule has 3 rings (SSSR count). The highest BCUT2D eigenvalue weighted by molar-refractivity contribution is 5.91. The summed E-state index contributed by atoms with van der Waals surface area (Å²) < 4.78 is 5.17. The van der Waals surface area contributed by atoms with Gasteiger partial charge in [-0.1, -0.05) is 12.8 Å². The maximum atomic E-state index is 12.4. The minimum Gasteiger partial charge on any atom is -0.459 e. The molecule has 26 heavy (non-hydrogen) atoms. The molecule has 144 valence electrons. The Morgan fingerprint density at radius 2 is 1.81 bits per heavy atom. The van der Waals surface area contributed by atoms with Gasteiger partial charge < -0.3 is 19.5 Å². The summed E-state index contributed by atoms with van der Waals surface area (Å²) in [5.41, 5.74) is 0. The Morgan fingerprint density at radius 1 is 1.08 bits per heavy atom. The van der Waals surface area contributed by atoms with Gasteiger partial charge in [-0.15, -0.1) is 0 Å². The van der Waals surface area contributed by atoms with E-state index in [-0.39, 0.29) is 17.7 Å². The molecule has 6 heteroatoms. The molecule has 0 aliphatic carbocycles. The van der Waals surface area contributed by atoms with E-state index in [0.29, 0.717) is 18.8 Å². The summed E-state index contributed by atoms with van der Waals surface area (Å²) in [6, 6.07) is 3.41. The maximum Gasteiger partial charge on any atom is 0.289 e. The van der Waals surface area contributed by atoms with Crippen LogP contribution in [0.5, 0.6) is 0 Å². The Kier molecular flexibility index (Phi) is 7.12. The van der Waals surface area contributed by atoms with Gasteiger partial charge in [0.1, 0.15) is 0 Å². The second kappa shape index (κ2) is 9.76. The van der Waals surface area contributed by atoms with E-state index in [1.165, 1.54) is 45.0 Å². The lowest BCUT2D eigenvalue weighted by molar-refractivity contribution is -0.126. The van der Waals surface area contributed by atoms with E-state index in [4.69, 9.17) is 4.42 Å². The molecular formula is C20H31N3O3. The SMILES string of the molecule is O=C(NCCCN1CCCCCC1)C1CCN(C(=O)c2ccco2)CC1. The van der Waals surface area contributed by atoms with Gasteiger partial charge in [-0.2, -0.15) is 0 Å². The first-order valence-corrected chi connectivity index (χ1v) is 10.1. The average Bonchev–Trinajstić information content (AvgIpc) is 3.09. The number of piperidine rings is 1. The predicted octanol–water partition coefficient (Wildman–Crippen LogP) is 2.51. The Labute approximate surface area is 155 Å². The zero-order valence-electron chi connectivity index (χ0n) is 15.6. The van der Waals surface area contributed by atoms with Crippen LogP contribution in [-0.2, 0) is 4.79 Å². The summed E-state index contributed by atoms with van der Waals surface area (Å²) in [5.74, 6) is 0.465. The fourth-order valence-corrected chi connectivity index (χ4v) is 3.92. The lowest BCUT2D eigenvalue weighted by Gasteiger charge is -2.30. The van der Waals surface area contributed by atoms with Gasteiger partial charge in [-0.05, 0) is 63.9 Å². The summed E-state index contributed by atoms with van der Waals surface area (Å²) in [6.45, 7) is 5.47. The van der Waals surface area contributed by atoms with E-state index in [9.17, 15) is 9.59 Å². The molecular weight excluding hydrogens is 330 g/mol. The number of nitrogens with zero attached hydrogens (tertiary/aromatic N) is 2. The van der Waals surface area contributed by atoms with Crippen LogP contribution in [0.1, 0.15) is 55.5 Å². The van der Waals surface area contributed by atoms with Crippen LogP contribution >= 0.6 is 0 Å². The van der Waals surface area contributed by atoms with Crippen LogP contribution in [0.2, 0.25) is 0 Å². The monoisotopic (exact) mass is 361 g/mol. The third-order valence-electron chi connectivity index (χ3n) is 5.53. The molecule has 2 amide bonds. The van der Waals surface area contributed by atoms with Crippen molar-refractivity contribution in [1.82, 2.24) is 15.1 Å². The van der Waals surface area contributed by atoms with Crippen molar-refractivity contribution in [3.63, 3.8) is 0 Å². The van der Waals surface area contributed by atoms with Gasteiger partial charge in [0, 0.05) is 25.6 Å². The molecule has 1 aromatic heterocycles. The molecule has 1 aromatic rings. The molecule has 2 aliphatic heterocycles. The van der Waals surface area contributed by atoms with Crippen molar-refractivity contribution in [2.75, 3.05) is 39.3 Å². The average molecular weight is 361 g/mol. The first-order chi connectivity index (χ1) is 12.7. The zero-order valence-corrected chi connectivity index (χ0v) is 15.6. The smallest absolute Gasteiger partial charge is 0.289 e. The predicted molar refractivity (Wildman–Crippen MR) is 99.9 cm³/mol. The molecule has 6 nitrogen and oxygen atoms in total. The number of nitrogens with one attached hydrogen (secondary N) is 1. The van der Waals surface area contributed by atoms with Gasteiger partial charge >= 0.3 is 0 Å². The van der Waals surface area contributed by atoms with Crippen LogP contribution in [0.15, 0.2) is 22.8 Å². The number of carbonyl (C=O) groups excluding carboxylic acids is 2. The molecule has 1 N–H and O–H groups in total. The van der Waals surface area contributed by atoms with Gasteiger partial charge in [-0.25, -0.2) is 0 Å². The Hall–Kier alpha value is -1.82. The van der Waals surface area contributed by atoms with E-state index in [0.717, 1.165) is 32.4 Å². The summed E-state index contributed by atoms with van der Waals surface area (Å²) in [6.07, 6.45) is 9.31. The number of amides is 2. The third-order valence-corrected chi connectivity index (χ3v) is 5.53. The molecule has 0 aromatic carbocycles. The van der Waals surface area contributed by atoms with Crippen molar-refractivity contribution in [3.8, 4) is 0 Å². The second-order valence-electron chi connectivity index (χ2n) is 7.44. The lowest BCUT2D eigenvalue weighted by Crippen LogP contribution is -2.43.